The first-order chi connectivity index (χ1) is 11.9. The van der Waals surface area contributed by atoms with Crippen LogP contribution in [0.25, 0.3) is 0 Å². The van der Waals surface area contributed by atoms with E-state index in [1.165, 1.54) is 0 Å². The van der Waals surface area contributed by atoms with Crippen LogP contribution in [0.4, 0.5) is 0 Å². The van der Waals surface area contributed by atoms with Crippen LogP contribution in [0.3, 0.4) is 0 Å². The van der Waals surface area contributed by atoms with Crippen LogP contribution < -0.4 is 5.32 Å². The first-order valence-electron chi connectivity index (χ1n) is 7.87. The number of carbonyl (C=O) groups excluding carboxylic acids is 2. The zero-order valence-corrected chi connectivity index (χ0v) is 15.7. The van der Waals surface area contributed by atoms with Crippen LogP contribution in [0.1, 0.15) is 25.7 Å². The van der Waals surface area contributed by atoms with E-state index >= 15 is 0 Å². The molecule has 0 aromatic carbocycles. The second kappa shape index (κ2) is 8.89. The second-order valence-electron chi connectivity index (χ2n) is 6.33. The first-order valence-corrected chi connectivity index (χ1v) is 11.0. The summed E-state index contributed by atoms with van der Waals surface area (Å²) < 4.78 is 64.2. The fourth-order valence-corrected chi connectivity index (χ4v) is 5.29. The third-order valence-electron chi connectivity index (χ3n) is 4.50. The lowest BCUT2D eigenvalue weighted by atomic mass is 9.76. The Morgan fingerprint density at radius 2 is 1.73 bits per heavy atom. The Morgan fingerprint density at radius 3 is 2.19 bits per heavy atom. The van der Waals surface area contributed by atoms with E-state index < -0.39 is 60.8 Å². The van der Waals surface area contributed by atoms with Crippen molar-refractivity contribution in [2.24, 2.45) is 11.8 Å². The Hall–Kier alpha value is -1.56. The normalized spacial score (nSPS) is 25.1. The molecule has 1 fully saturated rings. The van der Waals surface area contributed by atoms with Crippen LogP contribution in [-0.2, 0) is 29.8 Å². The maximum atomic E-state index is 11.7. The molecule has 4 unspecified atom stereocenters. The molecule has 1 amide bonds. The minimum Gasteiger partial charge on any atom is -0.348 e. The van der Waals surface area contributed by atoms with Gasteiger partial charge in [0.15, 0.2) is 5.78 Å². The molecule has 0 heterocycles. The average Bonchev–Trinajstić information content (AvgIpc) is 2.51. The molecule has 4 atom stereocenters. The zero-order chi connectivity index (χ0) is 20.1. The molecule has 0 aliphatic heterocycles. The van der Waals surface area contributed by atoms with Crippen molar-refractivity contribution in [3.63, 3.8) is 0 Å². The fourth-order valence-electron chi connectivity index (χ4n) is 3.35. The number of ketones is 1. The van der Waals surface area contributed by atoms with Crippen LogP contribution in [-0.4, -0.2) is 54.7 Å². The predicted octanol–water partition coefficient (Wildman–Crippen LogP) is 0.363. The third kappa shape index (κ3) is 6.98. The lowest BCUT2D eigenvalue weighted by Crippen LogP contribution is -2.48. The predicted molar refractivity (Wildman–Crippen MR) is 94.5 cm³/mol. The molecule has 0 bridgehead atoms. The highest BCUT2D eigenvalue weighted by Crippen LogP contribution is 2.37. The van der Waals surface area contributed by atoms with E-state index in [0.29, 0.717) is 0 Å². The molecule has 1 rings (SSSR count). The van der Waals surface area contributed by atoms with Crippen molar-refractivity contribution in [2.75, 3.05) is 5.75 Å². The van der Waals surface area contributed by atoms with E-state index in [-0.39, 0.29) is 25.7 Å². The molecule has 3 N–H and O–H groups in total. The monoisotopic (exact) mass is 409 g/mol. The highest BCUT2D eigenvalue weighted by Gasteiger charge is 2.41. The van der Waals surface area contributed by atoms with Gasteiger partial charge < -0.3 is 5.32 Å². The molecule has 11 heteroatoms. The summed E-state index contributed by atoms with van der Waals surface area (Å²) in [5, 5.41) is 1.26. The van der Waals surface area contributed by atoms with Gasteiger partial charge in [-0.15, -0.1) is 0 Å². The molecule has 9 nitrogen and oxygen atoms in total. The lowest BCUT2D eigenvalue weighted by Gasteiger charge is -2.37. The molecule has 148 valence electrons. The van der Waals surface area contributed by atoms with Gasteiger partial charge in [-0.2, -0.15) is 16.8 Å². The number of rotatable bonds is 9. The minimum atomic E-state index is -4.41. The van der Waals surface area contributed by atoms with Crippen LogP contribution in [0.15, 0.2) is 25.3 Å². The molecule has 1 saturated carbocycles. The SMILES string of the molecule is C=CC(=O)CC1CC(C(CS(=O)(=O)O)NC(=O)C=C)CCC1S(=O)(=O)O. The van der Waals surface area contributed by atoms with Gasteiger partial charge >= 0.3 is 0 Å². The van der Waals surface area contributed by atoms with Gasteiger partial charge in [0.2, 0.25) is 5.91 Å². The van der Waals surface area contributed by atoms with E-state index in [4.69, 9.17) is 4.55 Å². The summed E-state index contributed by atoms with van der Waals surface area (Å²) in [6, 6.07) is -0.987. The Morgan fingerprint density at radius 1 is 1.12 bits per heavy atom. The van der Waals surface area contributed by atoms with Crippen LogP contribution >= 0.6 is 0 Å². The van der Waals surface area contributed by atoms with Gasteiger partial charge in [-0.1, -0.05) is 13.2 Å². The first kappa shape index (κ1) is 22.5. The van der Waals surface area contributed by atoms with Gasteiger partial charge in [0.25, 0.3) is 20.2 Å². The topological polar surface area (TPSA) is 155 Å². The van der Waals surface area contributed by atoms with E-state index in [1.54, 1.807) is 0 Å². The number of hydrogen-bond acceptors (Lipinski definition) is 6. The molecular weight excluding hydrogens is 386 g/mol. The van der Waals surface area contributed by atoms with E-state index in [9.17, 15) is 31.0 Å². The summed E-state index contributed by atoms with van der Waals surface area (Å²) in [5.41, 5.74) is 0. The number of nitrogens with one attached hydrogen (secondary N) is 1. The fraction of sp³-hybridized carbons (Fsp3) is 0.600. The largest absolute Gasteiger partial charge is 0.348 e. The second-order valence-corrected chi connectivity index (χ2v) is 9.46. The minimum absolute atomic E-state index is 0.00940. The molecule has 0 saturated heterocycles. The third-order valence-corrected chi connectivity index (χ3v) is 6.67. The van der Waals surface area contributed by atoms with Gasteiger partial charge in [0.05, 0.1) is 11.0 Å². The van der Waals surface area contributed by atoms with E-state index in [1.807, 2.05) is 0 Å². The highest BCUT2D eigenvalue weighted by atomic mass is 32.2. The average molecular weight is 409 g/mol. The van der Waals surface area contributed by atoms with Crippen molar-refractivity contribution < 1.29 is 35.5 Å². The summed E-state index contributed by atoms with van der Waals surface area (Å²) in [4.78, 5) is 23.2. The van der Waals surface area contributed by atoms with Crippen molar-refractivity contribution in [3.05, 3.63) is 25.3 Å². The van der Waals surface area contributed by atoms with Crippen molar-refractivity contribution in [1.82, 2.24) is 5.32 Å². The molecule has 0 aromatic rings. The summed E-state index contributed by atoms with van der Waals surface area (Å²) in [6.45, 7) is 6.60. The number of allylic oxidation sites excluding steroid dienone is 1. The Bertz CT molecular complexity index is 751. The zero-order valence-electron chi connectivity index (χ0n) is 14.1. The quantitative estimate of drug-likeness (QED) is 0.364. The van der Waals surface area contributed by atoms with Crippen LogP contribution in [0.5, 0.6) is 0 Å². The van der Waals surface area contributed by atoms with Crippen LogP contribution in [0, 0.1) is 11.8 Å². The van der Waals surface area contributed by atoms with Crippen molar-refractivity contribution in [3.8, 4) is 0 Å². The standard InChI is InChI=1S/C15H23NO8S2/c1-3-12(17)8-11-7-10(5-6-14(11)26(22,23)24)13(9-25(19,20)21)16-15(18)4-2/h3-4,10-11,13-14H,1-2,5-9H2,(H,16,18)(H,19,20,21)(H,22,23,24). The van der Waals surface area contributed by atoms with E-state index in [0.717, 1.165) is 12.2 Å². The molecule has 0 radical (unpaired) electrons. The Labute approximate surface area is 153 Å². The smallest absolute Gasteiger partial charge is 0.268 e. The van der Waals surface area contributed by atoms with E-state index in [2.05, 4.69) is 18.5 Å². The summed E-state index contributed by atoms with van der Waals surface area (Å²) >= 11 is 0. The van der Waals surface area contributed by atoms with Gasteiger partial charge in [0.1, 0.15) is 0 Å². The Kier molecular flexibility index (Phi) is 7.69. The number of amides is 1. The van der Waals surface area contributed by atoms with Gasteiger partial charge in [-0.05, 0) is 43.3 Å². The van der Waals surface area contributed by atoms with Gasteiger partial charge in [-0.3, -0.25) is 18.7 Å². The van der Waals surface area contributed by atoms with Crippen molar-refractivity contribution in [1.29, 1.82) is 0 Å². The van der Waals surface area contributed by atoms with Gasteiger partial charge in [0, 0.05) is 12.5 Å². The molecule has 26 heavy (non-hydrogen) atoms. The van der Waals surface area contributed by atoms with Crippen molar-refractivity contribution >= 4 is 31.9 Å². The maximum Gasteiger partial charge on any atom is 0.268 e. The van der Waals surface area contributed by atoms with Crippen molar-refractivity contribution in [2.45, 2.75) is 37.0 Å². The lowest BCUT2D eigenvalue weighted by molar-refractivity contribution is -0.118. The summed E-state index contributed by atoms with van der Waals surface area (Å²) in [6.07, 6.45) is 2.05. The molecule has 1 aliphatic carbocycles. The molecule has 0 spiro atoms. The Balaban J connectivity index is 3.09. The molecule has 0 aromatic heterocycles. The number of hydrogen-bond donors (Lipinski definition) is 3. The van der Waals surface area contributed by atoms with Gasteiger partial charge in [-0.25, -0.2) is 0 Å². The summed E-state index contributed by atoms with van der Waals surface area (Å²) in [7, 11) is -8.81. The highest BCUT2D eigenvalue weighted by molar-refractivity contribution is 7.86. The summed E-state index contributed by atoms with van der Waals surface area (Å²) in [5.74, 6) is -3.09. The molecular formula is C15H23NO8S2. The maximum absolute atomic E-state index is 11.7. The number of carbonyl (C=O) groups is 2. The van der Waals surface area contributed by atoms with Crippen LogP contribution in [0.2, 0.25) is 0 Å². The molecule has 1 aliphatic rings.